The van der Waals surface area contributed by atoms with Crippen LogP contribution in [-0.4, -0.2) is 20.5 Å². The number of benzene rings is 1. The molecule has 108 valence electrons. The molecule has 0 bridgehead atoms. The molecule has 0 fully saturated rings. The Morgan fingerprint density at radius 1 is 1.40 bits per heavy atom. The number of ether oxygens (including phenoxy) is 1. The number of hydrogen-bond acceptors (Lipinski definition) is 5. The van der Waals surface area contributed by atoms with Crippen molar-refractivity contribution < 1.29 is 13.2 Å². The van der Waals surface area contributed by atoms with E-state index in [9.17, 15) is 13.2 Å². The van der Waals surface area contributed by atoms with E-state index < -0.39 is 10.0 Å². The number of rotatable bonds is 5. The molecule has 0 radical (unpaired) electrons. The third kappa shape index (κ3) is 3.27. The molecular formula is C12H14N2O4S2. The predicted octanol–water partition coefficient (Wildman–Crippen LogP) is 1.23. The van der Waals surface area contributed by atoms with Gasteiger partial charge in [0.05, 0.1) is 7.11 Å². The van der Waals surface area contributed by atoms with Gasteiger partial charge in [0.25, 0.3) is 10.0 Å². The van der Waals surface area contributed by atoms with Gasteiger partial charge < -0.3 is 9.72 Å². The second-order valence-corrected chi connectivity index (χ2v) is 7.05. The van der Waals surface area contributed by atoms with Crippen LogP contribution in [0.1, 0.15) is 11.3 Å². The largest absolute Gasteiger partial charge is 0.497 e. The van der Waals surface area contributed by atoms with E-state index in [2.05, 4.69) is 9.71 Å². The molecule has 20 heavy (non-hydrogen) atoms. The number of thiazole rings is 1. The number of aromatic amines is 1. The molecule has 1 heterocycles. The lowest BCUT2D eigenvalue weighted by atomic mass is 10.2. The maximum Gasteiger partial charge on any atom is 0.305 e. The zero-order valence-electron chi connectivity index (χ0n) is 11.0. The first-order valence-electron chi connectivity index (χ1n) is 5.74. The molecule has 0 saturated heterocycles. The Balaban J connectivity index is 2.17. The number of hydrogen-bond donors (Lipinski definition) is 2. The molecule has 0 unspecified atom stereocenters. The third-order valence-corrected chi connectivity index (χ3v) is 5.63. The Morgan fingerprint density at radius 2 is 2.15 bits per heavy atom. The average Bonchev–Trinajstić information content (AvgIpc) is 2.77. The summed E-state index contributed by atoms with van der Waals surface area (Å²) in [5.74, 6) is 0.657. The first kappa shape index (κ1) is 14.8. The smallest absolute Gasteiger partial charge is 0.305 e. The molecule has 0 atom stereocenters. The summed E-state index contributed by atoms with van der Waals surface area (Å²) in [6.45, 7) is 1.68. The first-order valence-corrected chi connectivity index (χ1v) is 8.04. The second-order valence-electron chi connectivity index (χ2n) is 4.10. The van der Waals surface area contributed by atoms with Crippen molar-refractivity contribution in [1.29, 1.82) is 0 Å². The molecule has 2 aromatic rings. The number of methoxy groups -OCH3 is 1. The quantitative estimate of drug-likeness (QED) is 0.869. The topological polar surface area (TPSA) is 88.3 Å². The van der Waals surface area contributed by atoms with Gasteiger partial charge in [-0.3, -0.25) is 4.79 Å². The van der Waals surface area contributed by atoms with Crippen molar-refractivity contribution in [3.8, 4) is 5.75 Å². The van der Waals surface area contributed by atoms with Crippen LogP contribution in [0.5, 0.6) is 5.75 Å². The molecular weight excluding hydrogens is 300 g/mol. The van der Waals surface area contributed by atoms with Crippen molar-refractivity contribution in [2.75, 3.05) is 7.11 Å². The Labute approximate surface area is 120 Å². The highest BCUT2D eigenvalue weighted by Crippen LogP contribution is 2.17. The maximum absolute atomic E-state index is 12.1. The highest BCUT2D eigenvalue weighted by atomic mass is 32.2. The van der Waals surface area contributed by atoms with Crippen LogP contribution in [0, 0.1) is 6.92 Å². The summed E-state index contributed by atoms with van der Waals surface area (Å²) in [7, 11) is -2.15. The molecule has 1 aromatic heterocycles. The summed E-state index contributed by atoms with van der Waals surface area (Å²) < 4.78 is 31.8. The summed E-state index contributed by atoms with van der Waals surface area (Å²) in [5.41, 5.74) is 1.12. The molecule has 8 heteroatoms. The van der Waals surface area contributed by atoms with E-state index >= 15 is 0 Å². The molecule has 0 aliphatic heterocycles. The van der Waals surface area contributed by atoms with Gasteiger partial charge in [0.1, 0.15) is 5.75 Å². The predicted molar refractivity (Wildman–Crippen MR) is 76.7 cm³/mol. The van der Waals surface area contributed by atoms with E-state index in [-0.39, 0.29) is 15.6 Å². The van der Waals surface area contributed by atoms with Gasteiger partial charge in [-0.25, -0.2) is 13.1 Å². The van der Waals surface area contributed by atoms with Gasteiger partial charge in [0, 0.05) is 12.2 Å². The fourth-order valence-corrected chi connectivity index (χ4v) is 4.03. The molecule has 6 nitrogen and oxygen atoms in total. The molecule has 2 N–H and O–H groups in total. The molecule has 2 rings (SSSR count). The Morgan fingerprint density at radius 3 is 2.75 bits per heavy atom. The summed E-state index contributed by atoms with van der Waals surface area (Å²) in [4.78, 5) is 13.2. The van der Waals surface area contributed by atoms with E-state index in [1.165, 1.54) is 0 Å². The normalized spacial score (nSPS) is 11.5. The fourth-order valence-electron chi connectivity index (χ4n) is 1.67. The second kappa shape index (κ2) is 5.78. The van der Waals surface area contributed by atoms with Crippen LogP contribution in [0.15, 0.2) is 33.3 Å². The summed E-state index contributed by atoms with van der Waals surface area (Å²) in [5, 5.41) is 0. The monoisotopic (exact) mass is 314 g/mol. The van der Waals surface area contributed by atoms with Crippen LogP contribution in [0.3, 0.4) is 0 Å². The highest BCUT2D eigenvalue weighted by molar-refractivity contribution is 7.91. The maximum atomic E-state index is 12.1. The van der Waals surface area contributed by atoms with E-state index in [1.807, 2.05) is 0 Å². The number of nitrogens with one attached hydrogen (secondary N) is 2. The minimum atomic E-state index is -3.69. The standard InChI is InChI=1S/C12H14N2O4S2/c1-8-11(19-12(15)14-8)20(16,17)13-7-9-4-3-5-10(6-9)18-2/h3-6,13H,7H2,1-2H3,(H,14,15). The van der Waals surface area contributed by atoms with Gasteiger partial charge in [-0.15, -0.1) is 0 Å². The Bertz CT molecular complexity index is 762. The highest BCUT2D eigenvalue weighted by Gasteiger charge is 2.20. The van der Waals surface area contributed by atoms with Gasteiger partial charge >= 0.3 is 4.87 Å². The minimum Gasteiger partial charge on any atom is -0.497 e. The molecule has 0 saturated carbocycles. The van der Waals surface area contributed by atoms with Crippen LogP contribution in [-0.2, 0) is 16.6 Å². The van der Waals surface area contributed by atoms with Crippen molar-refractivity contribution in [3.05, 3.63) is 45.2 Å². The van der Waals surface area contributed by atoms with Crippen molar-refractivity contribution in [3.63, 3.8) is 0 Å². The lowest BCUT2D eigenvalue weighted by Gasteiger charge is -2.07. The lowest BCUT2D eigenvalue weighted by Crippen LogP contribution is -2.23. The molecule has 0 spiro atoms. The van der Waals surface area contributed by atoms with Crippen LogP contribution in [0.2, 0.25) is 0 Å². The van der Waals surface area contributed by atoms with Crippen molar-refractivity contribution in [2.45, 2.75) is 17.7 Å². The molecule has 1 aromatic carbocycles. The van der Waals surface area contributed by atoms with Crippen LogP contribution in [0.4, 0.5) is 0 Å². The van der Waals surface area contributed by atoms with Crippen molar-refractivity contribution in [2.24, 2.45) is 0 Å². The zero-order valence-corrected chi connectivity index (χ0v) is 12.6. The number of aromatic nitrogens is 1. The van der Waals surface area contributed by atoms with Crippen molar-refractivity contribution in [1.82, 2.24) is 9.71 Å². The zero-order chi connectivity index (χ0) is 14.8. The molecule has 0 aliphatic rings. The average molecular weight is 314 g/mol. The van der Waals surface area contributed by atoms with Gasteiger partial charge in [0.2, 0.25) is 0 Å². The summed E-state index contributed by atoms with van der Waals surface area (Å²) in [6.07, 6.45) is 0. The molecule has 0 aliphatic carbocycles. The third-order valence-electron chi connectivity index (χ3n) is 2.63. The lowest BCUT2D eigenvalue weighted by molar-refractivity contribution is 0.414. The van der Waals surface area contributed by atoms with E-state index in [0.717, 1.165) is 5.56 Å². The molecule has 0 amide bonds. The number of sulfonamides is 1. The summed E-state index contributed by atoms with van der Waals surface area (Å²) in [6, 6.07) is 7.09. The van der Waals surface area contributed by atoms with Gasteiger partial charge in [-0.05, 0) is 24.6 Å². The van der Waals surface area contributed by atoms with E-state index in [4.69, 9.17) is 4.74 Å². The first-order chi connectivity index (χ1) is 9.42. The van der Waals surface area contributed by atoms with Crippen LogP contribution < -0.4 is 14.3 Å². The summed E-state index contributed by atoms with van der Waals surface area (Å²) >= 11 is 0.678. The SMILES string of the molecule is COc1cccc(CNS(=O)(=O)c2sc(=O)[nH]c2C)c1. The minimum absolute atomic E-state index is 0.0189. The number of aryl methyl sites for hydroxylation is 1. The van der Waals surface area contributed by atoms with E-state index in [1.54, 1.807) is 38.3 Å². The Hall–Kier alpha value is -1.64. The van der Waals surface area contributed by atoms with Crippen LogP contribution >= 0.6 is 11.3 Å². The fraction of sp³-hybridized carbons (Fsp3) is 0.250. The van der Waals surface area contributed by atoms with Gasteiger partial charge in [-0.1, -0.05) is 23.5 Å². The van der Waals surface area contributed by atoms with Crippen molar-refractivity contribution >= 4 is 21.4 Å². The number of H-pyrrole nitrogens is 1. The van der Waals surface area contributed by atoms with Gasteiger partial charge in [-0.2, -0.15) is 0 Å². The van der Waals surface area contributed by atoms with Gasteiger partial charge in [0.15, 0.2) is 4.21 Å². The Kier molecular flexibility index (Phi) is 4.26. The van der Waals surface area contributed by atoms with E-state index in [0.29, 0.717) is 22.8 Å². The van der Waals surface area contributed by atoms with Crippen LogP contribution in [0.25, 0.3) is 0 Å².